The Morgan fingerprint density at radius 2 is 1.95 bits per heavy atom. The van der Waals surface area contributed by atoms with Gasteiger partial charge < -0.3 is 5.32 Å². The average molecular weight is 277 g/mol. The fourth-order valence-electron chi connectivity index (χ4n) is 3.14. The second-order valence-electron chi connectivity index (χ2n) is 5.92. The Balaban J connectivity index is 1.54. The lowest BCUT2D eigenvalue weighted by atomic mass is 10.1. The summed E-state index contributed by atoms with van der Waals surface area (Å²) in [6.07, 6.45) is 1.03. The molecule has 0 atom stereocenters. The third-order valence-corrected chi connectivity index (χ3v) is 4.64. The van der Waals surface area contributed by atoms with Gasteiger partial charge in [0.05, 0.1) is 11.4 Å². The normalized spacial score (nSPS) is 22.1. The van der Waals surface area contributed by atoms with E-state index in [9.17, 15) is 0 Å². The second kappa shape index (κ2) is 6.24. The van der Waals surface area contributed by atoms with Crippen molar-refractivity contribution in [3.8, 4) is 0 Å². The molecule has 0 aromatic carbocycles. The Morgan fingerprint density at radius 1 is 1.20 bits per heavy atom. The maximum absolute atomic E-state index is 4.65. The minimum absolute atomic E-state index is 0.796. The quantitative estimate of drug-likeness (QED) is 0.853. The van der Waals surface area contributed by atoms with Crippen LogP contribution in [0.3, 0.4) is 0 Å². The highest BCUT2D eigenvalue weighted by Crippen LogP contribution is 2.14. The predicted molar refractivity (Wildman–Crippen MR) is 80.8 cm³/mol. The van der Waals surface area contributed by atoms with Crippen molar-refractivity contribution in [2.75, 3.05) is 39.3 Å². The van der Waals surface area contributed by atoms with Crippen molar-refractivity contribution in [3.63, 3.8) is 0 Å². The molecular formula is C15H27N5. The summed E-state index contributed by atoms with van der Waals surface area (Å²) in [6.45, 7) is 13.6. The van der Waals surface area contributed by atoms with Crippen molar-refractivity contribution >= 4 is 0 Å². The maximum Gasteiger partial charge on any atom is 0.0625 e. The molecule has 0 bridgehead atoms. The molecule has 3 rings (SSSR count). The molecule has 0 spiro atoms. The van der Waals surface area contributed by atoms with Crippen LogP contribution in [0.5, 0.6) is 0 Å². The Labute approximate surface area is 121 Å². The molecule has 2 aliphatic heterocycles. The largest absolute Gasteiger partial charge is 0.314 e. The van der Waals surface area contributed by atoms with E-state index in [0.717, 1.165) is 25.6 Å². The predicted octanol–water partition coefficient (Wildman–Crippen LogP) is 0.555. The number of aryl methyl sites for hydroxylation is 2. The lowest BCUT2D eigenvalue weighted by molar-refractivity contribution is 0.0684. The topological polar surface area (TPSA) is 36.3 Å². The second-order valence-corrected chi connectivity index (χ2v) is 5.92. The molecule has 2 saturated heterocycles. The van der Waals surface area contributed by atoms with Crippen LogP contribution in [0.25, 0.3) is 0 Å². The van der Waals surface area contributed by atoms with Gasteiger partial charge in [0, 0.05) is 58.4 Å². The lowest BCUT2D eigenvalue weighted by Crippen LogP contribution is -2.61. The first-order chi connectivity index (χ1) is 9.80. The molecule has 1 aromatic heterocycles. The molecule has 2 fully saturated rings. The van der Waals surface area contributed by atoms with E-state index in [4.69, 9.17) is 0 Å². The van der Waals surface area contributed by atoms with Crippen molar-refractivity contribution in [2.24, 2.45) is 0 Å². The Bertz CT molecular complexity index is 429. The summed E-state index contributed by atoms with van der Waals surface area (Å²) in [5.74, 6) is 0. The molecule has 5 heteroatoms. The SMILES string of the molecule is CCc1cc(CN2CCN(C3CNC3)CC2)n(CC)n1. The summed E-state index contributed by atoms with van der Waals surface area (Å²) >= 11 is 0. The number of aromatic nitrogens is 2. The molecule has 112 valence electrons. The van der Waals surface area contributed by atoms with Crippen molar-refractivity contribution in [1.82, 2.24) is 24.9 Å². The van der Waals surface area contributed by atoms with Gasteiger partial charge in [0.1, 0.15) is 0 Å². The van der Waals surface area contributed by atoms with Gasteiger partial charge in [0.15, 0.2) is 0 Å². The molecule has 0 saturated carbocycles. The van der Waals surface area contributed by atoms with Crippen LogP contribution in [0.2, 0.25) is 0 Å². The fraction of sp³-hybridized carbons (Fsp3) is 0.800. The van der Waals surface area contributed by atoms with Gasteiger partial charge in [0.25, 0.3) is 0 Å². The van der Waals surface area contributed by atoms with Crippen LogP contribution in [-0.4, -0.2) is 64.9 Å². The van der Waals surface area contributed by atoms with Crippen molar-refractivity contribution in [1.29, 1.82) is 0 Å². The number of rotatable bonds is 5. The third kappa shape index (κ3) is 2.90. The summed E-state index contributed by atoms with van der Waals surface area (Å²) in [6, 6.07) is 3.08. The minimum Gasteiger partial charge on any atom is -0.314 e. The van der Waals surface area contributed by atoms with Gasteiger partial charge in [-0.15, -0.1) is 0 Å². The van der Waals surface area contributed by atoms with Crippen LogP contribution in [0.1, 0.15) is 25.2 Å². The van der Waals surface area contributed by atoms with Crippen LogP contribution in [0.4, 0.5) is 0 Å². The van der Waals surface area contributed by atoms with Crippen LogP contribution < -0.4 is 5.32 Å². The Hall–Kier alpha value is -0.910. The van der Waals surface area contributed by atoms with Crippen molar-refractivity contribution < 1.29 is 0 Å². The van der Waals surface area contributed by atoms with Gasteiger partial charge in [-0.05, 0) is 19.4 Å². The van der Waals surface area contributed by atoms with Gasteiger partial charge in [-0.2, -0.15) is 5.10 Å². The van der Waals surface area contributed by atoms with Gasteiger partial charge >= 0.3 is 0 Å². The highest BCUT2D eigenvalue weighted by molar-refractivity contribution is 5.10. The molecule has 5 nitrogen and oxygen atoms in total. The first-order valence-corrected chi connectivity index (χ1v) is 8.03. The molecular weight excluding hydrogens is 250 g/mol. The van der Waals surface area contributed by atoms with E-state index in [2.05, 4.69) is 44.8 Å². The molecule has 1 N–H and O–H groups in total. The van der Waals surface area contributed by atoms with Crippen LogP contribution in [-0.2, 0) is 19.5 Å². The van der Waals surface area contributed by atoms with E-state index in [1.54, 1.807) is 0 Å². The molecule has 0 aliphatic carbocycles. The highest BCUT2D eigenvalue weighted by atomic mass is 15.3. The zero-order valence-corrected chi connectivity index (χ0v) is 12.8. The zero-order valence-electron chi connectivity index (χ0n) is 12.8. The van der Waals surface area contributed by atoms with Crippen molar-refractivity contribution in [2.45, 2.75) is 39.4 Å². The summed E-state index contributed by atoms with van der Waals surface area (Å²) < 4.78 is 2.17. The Kier molecular flexibility index (Phi) is 4.38. The first kappa shape index (κ1) is 14.0. The van der Waals surface area contributed by atoms with Gasteiger partial charge in [-0.25, -0.2) is 0 Å². The molecule has 1 aromatic rings. The number of nitrogens with zero attached hydrogens (tertiary/aromatic N) is 4. The minimum atomic E-state index is 0.796. The van der Waals surface area contributed by atoms with E-state index in [1.165, 1.54) is 50.7 Å². The number of nitrogens with one attached hydrogen (secondary N) is 1. The van der Waals surface area contributed by atoms with Gasteiger partial charge in [-0.3, -0.25) is 14.5 Å². The van der Waals surface area contributed by atoms with E-state index >= 15 is 0 Å². The van der Waals surface area contributed by atoms with E-state index in [-0.39, 0.29) is 0 Å². The number of hydrogen-bond donors (Lipinski definition) is 1. The fourth-order valence-corrected chi connectivity index (χ4v) is 3.14. The van der Waals surface area contributed by atoms with Crippen LogP contribution in [0.15, 0.2) is 6.07 Å². The van der Waals surface area contributed by atoms with E-state index in [1.807, 2.05) is 0 Å². The lowest BCUT2D eigenvalue weighted by Gasteiger charge is -2.43. The van der Waals surface area contributed by atoms with Crippen LogP contribution in [0, 0.1) is 0 Å². The average Bonchev–Trinajstić information content (AvgIpc) is 2.81. The third-order valence-electron chi connectivity index (χ3n) is 4.64. The zero-order chi connectivity index (χ0) is 13.9. The molecule has 20 heavy (non-hydrogen) atoms. The standard InChI is InChI=1S/C15H27N5/c1-3-13-9-14(20(4-2)17-13)12-18-5-7-19(8-6-18)15-10-16-11-15/h9,15-16H,3-8,10-12H2,1-2H3. The molecule has 0 unspecified atom stereocenters. The van der Waals surface area contributed by atoms with E-state index in [0.29, 0.717) is 0 Å². The summed E-state index contributed by atoms with van der Waals surface area (Å²) in [5, 5.41) is 8.02. The monoisotopic (exact) mass is 277 g/mol. The molecule has 2 aliphatic rings. The molecule has 3 heterocycles. The summed E-state index contributed by atoms with van der Waals surface area (Å²) in [4.78, 5) is 5.22. The van der Waals surface area contributed by atoms with Gasteiger partial charge in [-0.1, -0.05) is 6.92 Å². The molecule has 0 radical (unpaired) electrons. The van der Waals surface area contributed by atoms with Crippen LogP contribution >= 0.6 is 0 Å². The summed E-state index contributed by atoms with van der Waals surface area (Å²) in [7, 11) is 0. The number of hydrogen-bond acceptors (Lipinski definition) is 4. The maximum atomic E-state index is 4.65. The van der Waals surface area contributed by atoms with Crippen molar-refractivity contribution in [3.05, 3.63) is 17.5 Å². The van der Waals surface area contributed by atoms with Gasteiger partial charge in [0.2, 0.25) is 0 Å². The van der Waals surface area contributed by atoms with E-state index < -0.39 is 0 Å². The first-order valence-electron chi connectivity index (χ1n) is 8.03. The summed E-state index contributed by atoms with van der Waals surface area (Å²) in [5.41, 5.74) is 2.60. The Morgan fingerprint density at radius 3 is 2.50 bits per heavy atom. The number of piperazine rings is 1. The smallest absolute Gasteiger partial charge is 0.0625 e. The molecule has 0 amide bonds. The highest BCUT2D eigenvalue weighted by Gasteiger charge is 2.27.